The Hall–Kier alpha value is -2.76. The van der Waals surface area contributed by atoms with Gasteiger partial charge >= 0.3 is 77.1 Å². The maximum absolute atomic E-state index is 13.0. The van der Waals surface area contributed by atoms with Crippen molar-refractivity contribution in [2.24, 2.45) is 0 Å². The van der Waals surface area contributed by atoms with Crippen LogP contribution in [0.15, 0.2) is 0 Å². The molecule has 10 amide bonds. The van der Waals surface area contributed by atoms with Crippen molar-refractivity contribution >= 4 is 119 Å². The third-order valence-electron chi connectivity index (χ3n) is 9.38. The number of hydrogen-bond acceptors (Lipinski definition) is 22. The Labute approximate surface area is 433 Å². The average Bonchev–Trinajstić information content (AvgIpc) is 3.93. The molecule has 34 heteroatoms. The summed E-state index contributed by atoms with van der Waals surface area (Å²) in [5, 5.41) is 10.4. The van der Waals surface area contributed by atoms with Crippen molar-refractivity contribution in [3.8, 4) is 0 Å². The number of thioether (sulfide) groups is 1. The zero-order valence-electron chi connectivity index (χ0n) is 35.3. The van der Waals surface area contributed by atoms with Crippen molar-refractivity contribution in [2.75, 3.05) is 36.9 Å². The Bertz CT molecular complexity index is 2020. The van der Waals surface area contributed by atoms with Gasteiger partial charge in [-0.15, -0.1) is 10.1 Å². The first-order chi connectivity index (χ1) is 30.1. The number of urea groups is 1. The first-order valence-electron chi connectivity index (χ1n) is 19.2. The minimum absolute atomic E-state index is 0. The third kappa shape index (κ3) is 18.0. The fourth-order valence-corrected chi connectivity index (χ4v) is 11.0. The molecule has 4 fully saturated rings. The van der Waals surface area contributed by atoms with Gasteiger partial charge in [-0.3, -0.25) is 38.4 Å². The van der Waals surface area contributed by atoms with Gasteiger partial charge in [0.15, 0.2) is 6.04 Å². The Morgan fingerprint density at radius 3 is 1.71 bits per heavy atom. The van der Waals surface area contributed by atoms with Crippen molar-refractivity contribution in [1.29, 1.82) is 0 Å². The van der Waals surface area contributed by atoms with E-state index in [9.17, 15) is 78.7 Å². The molecule has 356 valence electrons. The molecular formula is C32H42N8Na2O19S5. The van der Waals surface area contributed by atoms with Gasteiger partial charge in [-0.25, -0.2) is 31.2 Å². The number of rotatable bonds is 25. The van der Waals surface area contributed by atoms with Gasteiger partial charge in [0, 0.05) is 55.0 Å². The number of carbonyl (C=O) groups excluding carboxylic acids is 11. The third-order valence-corrected chi connectivity index (χ3v) is 15.4. The summed E-state index contributed by atoms with van der Waals surface area (Å²) in [6, 6.07) is -1.96. The standard InChI is InChI=1S/C32H44N8O19S5.2Na/c41-20(4-2-1-3-17-26-16(15-60-17)36-32(51)38-26)33-10-12-62-61-11-7-21(42)37-27(28(47)34-8-5-24(45)58-39-22(43)13-18(30(39)49)63(52,53)54)29(48)35-9-6-25(46)59-40-23(44)14-19(31(40)50)64(55,56)57;;/h16-19,26-27H,1-15H2,(H,33,41)(H,34,47)(H,35,48)(H,37,42)(H2,36,38,51)(H,52,53,54)(H,55,56,57);;/q;2*+1/p-2/t16-,17-,18?,19?,26+,27?;;/m0../s1. The van der Waals surface area contributed by atoms with E-state index in [2.05, 4.69) is 41.6 Å². The van der Waals surface area contributed by atoms with Gasteiger partial charge in [0.05, 0.1) is 37.8 Å². The first kappa shape index (κ1) is 59.4. The van der Waals surface area contributed by atoms with Crippen LogP contribution in [0, 0.1) is 0 Å². The van der Waals surface area contributed by atoms with Crippen molar-refractivity contribution < 1.29 is 147 Å². The SMILES string of the molecule is O=C(CCCC[C@@H]1SC[C@@H]2NC(=O)N[C@H]21)NCCSSCCC(=O)NC(C(=O)NCCC(=O)ON1C(=O)CC(S(=O)(=O)[O-])C1=O)C(=O)NCCC(=O)ON1C(=O)CC(S(=O)(=O)[O-])C1=O.[Na+].[Na+]. The molecule has 0 spiro atoms. The molecule has 2 unspecified atom stereocenters. The normalized spacial score (nSPS) is 21.7. The Morgan fingerprint density at radius 1 is 0.697 bits per heavy atom. The van der Waals surface area contributed by atoms with E-state index in [0.717, 1.165) is 18.6 Å². The molecule has 0 radical (unpaired) electrons. The van der Waals surface area contributed by atoms with Crippen LogP contribution in [0.4, 0.5) is 4.79 Å². The molecule has 0 aromatic carbocycles. The molecule has 0 aromatic rings. The van der Waals surface area contributed by atoms with Crippen molar-refractivity contribution in [3.63, 3.8) is 0 Å². The molecule has 0 aliphatic carbocycles. The van der Waals surface area contributed by atoms with Crippen LogP contribution in [0.5, 0.6) is 0 Å². The van der Waals surface area contributed by atoms with Gasteiger partial charge in [-0.2, -0.15) is 11.8 Å². The fraction of sp³-hybridized carbons (Fsp3) is 0.656. The average molecular weight is 1050 g/mol. The summed E-state index contributed by atoms with van der Waals surface area (Å²) in [4.78, 5) is 144. The molecule has 4 aliphatic rings. The summed E-state index contributed by atoms with van der Waals surface area (Å²) < 4.78 is 67.3. The van der Waals surface area contributed by atoms with E-state index in [1.165, 1.54) is 21.6 Å². The zero-order valence-corrected chi connectivity index (χ0v) is 43.3. The molecule has 0 saturated carbocycles. The smallest absolute Gasteiger partial charge is 0.747 e. The molecule has 4 aliphatic heterocycles. The van der Waals surface area contributed by atoms with Crippen LogP contribution in [0.25, 0.3) is 0 Å². The van der Waals surface area contributed by atoms with E-state index in [-0.39, 0.29) is 105 Å². The van der Waals surface area contributed by atoms with E-state index in [1.807, 2.05) is 0 Å². The minimum Gasteiger partial charge on any atom is -0.747 e. The van der Waals surface area contributed by atoms with E-state index >= 15 is 0 Å². The predicted octanol–water partition coefficient (Wildman–Crippen LogP) is -10.6. The second-order valence-corrected chi connectivity index (χ2v) is 21.1. The van der Waals surface area contributed by atoms with Crippen molar-refractivity contribution in [1.82, 2.24) is 42.0 Å². The number of hydrogen-bond donors (Lipinski definition) is 6. The summed E-state index contributed by atoms with van der Waals surface area (Å²) >= 11 is 1.80. The molecule has 6 N–H and O–H groups in total. The van der Waals surface area contributed by atoms with Gasteiger partial charge in [0.25, 0.3) is 35.4 Å². The van der Waals surface area contributed by atoms with Crippen LogP contribution < -0.4 is 91.0 Å². The zero-order chi connectivity index (χ0) is 47.4. The van der Waals surface area contributed by atoms with Crippen molar-refractivity contribution in [3.05, 3.63) is 0 Å². The number of hydroxylamine groups is 4. The second-order valence-electron chi connectivity index (χ2n) is 14.0. The molecule has 66 heavy (non-hydrogen) atoms. The Balaban J connectivity index is 0.00000748. The molecule has 4 saturated heterocycles. The number of carbonyl (C=O) groups is 11. The van der Waals surface area contributed by atoms with Gasteiger partial charge in [-0.1, -0.05) is 28.0 Å². The summed E-state index contributed by atoms with van der Waals surface area (Å²) in [6.07, 6.45) is -1.23. The number of unbranched alkanes of at least 4 members (excludes halogenated alkanes) is 1. The first-order valence-corrected chi connectivity index (χ1v) is 25.6. The van der Waals surface area contributed by atoms with Crippen LogP contribution in [0.2, 0.25) is 0 Å². The molecular weight excluding hydrogens is 1010 g/mol. The topological polar surface area (TPSA) is 399 Å². The predicted molar refractivity (Wildman–Crippen MR) is 216 cm³/mol. The number of nitrogens with one attached hydrogen (secondary N) is 6. The van der Waals surface area contributed by atoms with Gasteiger partial charge in [0.1, 0.15) is 30.7 Å². The van der Waals surface area contributed by atoms with Gasteiger partial charge in [0.2, 0.25) is 11.8 Å². The molecule has 4 rings (SSSR count). The van der Waals surface area contributed by atoms with E-state index < -0.39 is 129 Å². The second kappa shape index (κ2) is 27.4. The Morgan fingerprint density at radius 2 is 1.21 bits per heavy atom. The Kier molecular flexibility index (Phi) is 24.7. The largest absolute Gasteiger partial charge is 1.00 e. The van der Waals surface area contributed by atoms with E-state index in [0.29, 0.717) is 30.4 Å². The number of fused-ring (bicyclic) bond motifs is 1. The maximum atomic E-state index is 13.0. The molecule has 5 atom stereocenters. The van der Waals surface area contributed by atoms with Crippen LogP contribution in [-0.2, 0) is 77.9 Å². The van der Waals surface area contributed by atoms with Gasteiger partial charge < -0.3 is 50.7 Å². The summed E-state index contributed by atoms with van der Waals surface area (Å²) in [6.45, 7) is -0.959. The van der Waals surface area contributed by atoms with E-state index in [4.69, 9.17) is 0 Å². The maximum Gasteiger partial charge on any atom is 1.00 e. The van der Waals surface area contributed by atoms with Crippen LogP contribution in [-0.4, -0.2) is 172 Å². The number of nitrogens with zero attached hydrogens (tertiary/aromatic N) is 2. The molecule has 0 aromatic heterocycles. The van der Waals surface area contributed by atoms with Crippen LogP contribution in [0.3, 0.4) is 0 Å². The summed E-state index contributed by atoms with van der Waals surface area (Å²) in [5.74, 6) is -10.4. The van der Waals surface area contributed by atoms with Crippen molar-refractivity contribution in [2.45, 2.75) is 91.7 Å². The quantitative estimate of drug-likeness (QED) is 0.00940. The van der Waals surface area contributed by atoms with Gasteiger partial charge in [-0.05, 0) is 12.8 Å². The van der Waals surface area contributed by atoms with E-state index in [1.54, 1.807) is 11.8 Å². The minimum atomic E-state index is -5.25. The summed E-state index contributed by atoms with van der Waals surface area (Å²) in [7, 11) is -7.94. The summed E-state index contributed by atoms with van der Waals surface area (Å²) in [5.41, 5.74) is 0. The number of imide groups is 2. The molecule has 4 heterocycles. The number of amides is 10. The molecule has 0 bridgehead atoms. The fourth-order valence-electron chi connectivity index (χ4n) is 6.21. The molecule has 27 nitrogen and oxygen atoms in total. The van der Waals surface area contributed by atoms with Crippen LogP contribution in [0.1, 0.15) is 57.8 Å². The van der Waals surface area contributed by atoms with Crippen LogP contribution >= 0.6 is 33.3 Å². The monoisotopic (exact) mass is 1050 g/mol.